The number of esters is 1. The van der Waals surface area contributed by atoms with Crippen molar-refractivity contribution in [1.29, 1.82) is 0 Å². The van der Waals surface area contributed by atoms with E-state index in [1.165, 1.54) is 30.7 Å². The van der Waals surface area contributed by atoms with E-state index in [0.717, 1.165) is 0 Å². The van der Waals surface area contributed by atoms with Gasteiger partial charge in [-0.25, -0.2) is 8.42 Å². The Morgan fingerprint density at radius 3 is 2.50 bits per heavy atom. The maximum Gasteiger partial charge on any atom is 0.327 e. The molecule has 140 valence electrons. The number of rotatable bonds is 8. The molecule has 26 heavy (non-hydrogen) atoms. The van der Waals surface area contributed by atoms with Gasteiger partial charge in [0.05, 0.1) is 22.2 Å². The lowest BCUT2D eigenvalue weighted by molar-refractivity contribution is -0.386. The monoisotopic (exact) mass is 381 g/mol. The van der Waals surface area contributed by atoms with E-state index in [-0.39, 0.29) is 47.3 Å². The molecule has 0 N–H and O–H groups in total. The van der Waals surface area contributed by atoms with Crippen LogP contribution in [-0.2, 0) is 25.9 Å². The minimum Gasteiger partial charge on any atom is -0.464 e. The van der Waals surface area contributed by atoms with Gasteiger partial charge in [-0.1, -0.05) is 18.2 Å². The van der Waals surface area contributed by atoms with Crippen molar-refractivity contribution in [3.05, 3.63) is 51.8 Å². The minimum atomic E-state index is -3.42. The molecule has 0 fully saturated rings. The van der Waals surface area contributed by atoms with Crippen LogP contribution in [0.25, 0.3) is 0 Å². The molecule has 1 aromatic carbocycles. The van der Waals surface area contributed by atoms with Crippen molar-refractivity contribution in [2.24, 2.45) is 0 Å². The summed E-state index contributed by atoms with van der Waals surface area (Å²) in [5, 5.41) is 14.9. The molecule has 0 spiro atoms. The van der Waals surface area contributed by atoms with Crippen LogP contribution in [0.4, 0.5) is 5.69 Å². The lowest BCUT2D eigenvalue weighted by Gasteiger charge is -2.07. The number of carbonyl (C=O) groups excluding carboxylic acids is 1. The second kappa shape index (κ2) is 8.09. The number of aryl methyl sites for hydroxylation is 1. The SMILES string of the molecule is Cc1nn(CC(=O)OCCCS(=O)(=O)c2ccccc2)c(C)c1[N+](=O)[O-]. The topological polar surface area (TPSA) is 121 Å². The van der Waals surface area contributed by atoms with Gasteiger partial charge in [0, 0.05) is 0 Å². The van der Waals surface area contributed by atoms with E-state index in [1.807, 2.05) is 0 Å². The summed E-state index contributed by atoms with van der Waals surface area (Å²) in [4.78, 5) is 22.5. The number of carbonyl (C=O) groups is 1. The van der Waals surface area contributed by atoms with E-state index in [2.05, 4.69) is 5.10 Å². The highest BCUT2D eigenvalue weighted by atomic mass is 32.2. The van der Waals surface area contributed by atoms with Crippen LogP contribution in [-0.4, -0.2) is 41.5 Å². The largest absolute Gasteiger partial charge is 0.464 e. The third-order valence-corrected chi connectivity index (χ3v) is 5.54. The van der Waals surface area contributed by atoms with Crippen molar-refractivity contribution in [3.63, 3.8) is 0 Å². The fourth-order valence-electron chi connectivity index (χ4n) is 2.45. The molecule has 0 aliphatic carbocycles. The molecule has 1 aromatic heterocycles. The smallest absolute Gasteiger partial charge is 0.327 e. The molecular formula is C16H19N3O6S. The van der Waals surface area contributed by atoms with Crippen LogP contribution in [0.15, 0.2) is 35.2 Å². The average Bonchev–Trinajstić information content (AvgIpc) is 2.86. The molecule has 0 atom stereocenters. The standard InChI is InChI=1S/C16H19N3O6S/c1-12-16(19(21)22)13(2)18(17-12)11-15(20)25-9-6-10-26(23,24)14-7-4-3-5-8-14/h3-5,7-8H,6,9-11H2,1-2H3. The number of ether oxygens (including phenoxy) is 1. The van der Waals surface area contributed by atoms with Crippen molar-refractivity contribution in [2.45, 2.75) is 31.7 Å². The molecule has 9 nitrogen and oxygen atoms in total. The Balaban J connectivity index is 1.85. The molecule has 0 saturated heterocycles. The fraction of sp³-hybridized carbons (Fsp3) is 0.375. The number of hydrogen-bond acceptors (Lipinski definition) is 7. The summed E-state index contributed by atoms with van der Waals surface area (Å²) >= 11 is 0. The van der Waals surface area contributed by atoms with E-state index < -0.39 is 20.7 Å². The normalized spacial score (nSPS) is 11.3. The van der Waals surface area contributed by atoms with Crippen LogP contribution in [0.3, 0.4) is 0 Å². The molecule has 0 amide bonds. The van der Waals surface area contributed by atoms with Gasteiger partial charge in [0.15, 0.2) is 9.84 Å². The number of aromatic nitrogens is 2. The van der Waals surface area contributed by atoms with Crippen LogP contribution in [0.1, 0.15) is 17.8 Å². The molecule has 0 aliphatic heterocycles. The fourth-order valence-corrected chi connectivity index (χ4v) is 3.76. The quantitative estimate of drug-likeness (QED) is 0.296. The van der Waals surface area contributed by atoms with Gasteiger partial charge in [-0.15, -0.1) is 0 Å². The molecule has 10 heteroatoms. The Bertz CT molecular complexity index is 906. The first-order valence-corrected chi connectivity index (χ1v) is 9.49. The van der Waals surface area contributed by atoms with Gasteiger partial charge in [0.25, 0.3) is 0 Å². The first kappa shape index (κ1) is 19.6. The number of nitro groups is 1. The van der Waals surface area contributed by atoms with Gasteiger partial charge in [-0.3, -0.25) is 19.6 Å². The first-order valence-electron chi connectivity index (χ1n) is 7.84. The summed E-state index contributed by atoms with van der Waals surface area (Å²) in [6.45, 7) is 2.65. The van der Waals surface area contributed by atoms with Crippen LogP contribution in [0.2, 0.25) is 0 Å². The number of benzene rings is 1. The highest BCUT2D eigenvalue weighted by molar-refractivity contribution is 7.91. The first-order chi connectivity index (χ1) is 12.2. The Kier molecular flexibility index (Phi) is 6.09. The molecule has 2 rings (SSSR count). The Morgan fingerprint density at radius 1 is 1.27 bits per heavy atom. The predicted octanol–water partition coefficient (Wildman–Crippen LogP) is 1.82. The van der Waals surface area contributed by atoms with E-state index in [1.54, 1.807) is 18.2 Å². The molecule has 2 aromatic rings. The molecule has 0 aliphatic rings. The average molecular weight is 381 g/mol. The summed E-state index contributed by atoms with van der Waals surface area (Å²) in [5.41, 5.74) is 0.345. The predicted molar refractivity (Wildman–Crippen MR) is 92.4 cm³/mol. The molecular weight excluding hydrogens is 362 g/mol. The van der Waals surface area contributed by atoms with Gasteiger partial charge >= 0.3 is 11.7 Å². The number of nitrogens with zero attached hydrogens (tertiary/aromatic N) is 3. The van der Waals surface area contributed by atoms with E-state index in [4.69, 9.17) is 4.74 Å². The summed E-state index contributed by atoms with van der Waals surface area (Å²) in [5.74, 6) is -0.780. The van der Waals surface area contributed by atoms with E-state index >= 15 is 0 Å². The highest BCUT2D eigenvalue weighted by Gasteiger charge is 2.23. The van der Waals surface area contributed by atoms with E-state index in [9.17, 15) is 23.3 Å². The van der Waals surface area contributed by atoms with Gasteiger partial charge < -0.3 is 4.74 Å². The van der Waals surface area contributed by atoms with Crippen LogP contribution in [0.5, 0.6) is 0 Å². The highest BCUT2D eigenvalue weighted by Crippen LogP contribution is 2.21. The minimum absolute atomic E-state index is 0.0632. The zero-order chi connectivity index (χ0) is 19.3. The summed E-state index contributed by atoms with van der Waals surface area (Å²) in [7, 11) is -3.42. The lowest BCUT2D eigenvalue weighted by Crippen LogP contribution is -2.17. The Morgan fingerprint density at radius 2 is 1.92 bits per heavy atom. The molecule has 0 bridgehead atoms. The maximum atomic E-state index is 12.1. The molecule has 0 radical (unpaired) electrons. The second-order valence-corrected chi connectivity index (χ2v) is 7.75. The molecule has 1 heterocycles. The molecule has 0 saturated carbocycles. The van der Waals surface area contributed by atoms with Gasteiger partial charge in [-0.05, 0) is 32.4 Å². The number of sulfone groups is 1. The second-order valence-electron chi connectivity index (χ2n) is 5.64. The van der Waals surface area contributed by atoms with Gasteiger partial charge in [0.1, 0.15) is 17.9 Å². The Hall–Kier alpha value is -2.75. The van der Waals surface area contributed by atoms with Crippen molar-refractivity contribution >= 4 is 21.5 Å². The molecule has 0 unspecified atom stereocenters. The number of hydrogen-bond donors (Lipinski definition) is 0. The Labute approximate surface area is 150 Å². The van der Waals surface area contributed by atoms with Crippen molar-refractivity contribution in [2.75, 3.05) is 12.4 Å². The van der Waals surface area contributed by atoms with Gasteiger partial charge in [0.2, 0.25) is 0 Å². The van der Waals surface area contributed by atoms with Gasteiger partial charge in [-0.2, -0.15) is 5.10 Å². The third kappa shape index (κ3) is 4.66. The van der Waals surface area contributed by atoms with Crippen LogP contribution < -0.4 is 0 Å². The van der Waals surface area contributed by atoms with Crippen molar-refractivity contribution < 1.29 is 22.9 Å². The maximum absolute atomic E-state index is 12.1. The van der Waals surface area contributed by atoms with E-state index in [0.29, 0.717) is 0 Å². The zero-order valence-corrected chi connectivity index (χ0v) is 15.2. The lowest BCUT2D eigenvalue weighted by atomic mass is 10.3. The van der Waals surface area contributed by atoms with Crippen molar-refractivity contribution in [1.82, 2.24) is 9.78 Å². The summed E-state index contributed by atoms with van der Waals surface area (Å²) < 4.78 is 30.4. The zero-order valence-electron chi connectivity index (χ0n) is 14.4. The van der Waals surface area contributed by atoms with Crippen molar-refractivity contribution in [3.8, 4) is 0 Å². The van der Waals surface area contributed by atoms with Crippen LogP contribution in [0, 0.1) is 24.0 Å². The van der Waals surface area contributed by atoms with Crippen LogP contribution >= 0.6 is 0 Å². The summed E-state index contributed by atoms with van der Waals surface area (Å²) in [6.07, 6.45) is 0.153. The summed E-state index contributed by atoms with van der Waals surface area (Å²) in [6, 6.07) is 8.03. The third-order valence-electron chi connectivity index (χ3n) is 3.73.